The summed E-state index contributed by atoms with van der Waals surface area (Å²) in [5.74, 6) is 1.36. The van der Waals surface area contributed by atoms with Crippen LogP contribution in [0.2, 0.25) is 0 Å². The van der Waals surface area contributed by atoms with E-state index in [1.54, 1.807) is 0 Å². The van der Waals surface area contributed by atoms with E-state index in [9.17, 15) is 21.6 Å². The molecule has 5 rings (SSSR count). The Labute approximate surface area is 225 Å². The second kappa shape index (κ2) is 10.9. The lowest BCUT2D eigenvalue weighted by atomic mass is 10.2. The van der Waals surface area contributed by atoms with E-state index >= 15 is 0 Å². The summed E-state index contributed by atoms with van der Waals surface area (Å²) in [4.78, 5) is 11.6. The highest BCUT2D eigenvalue weighted by Crippen LogP contribution is 2.31. The Bertz CT molecular complexity index is 1540. The fraction of sp³-hybridized carbons (Fsp3) is 0.286. The van der Waals surface area contributed by atoms with Crippen LogP contribution in [0.15, 0.2) is 83.8 Å². The molecule has 0 amide bonds. The average Bonchev–Trinajstić information content (AvgIpc) is 2.95. The number of hydrogen-bond acceptors (Lipinski definition) is 6. The smallest absolute Gasteiger partial charge is 0.365 e. The number of hydrogen-bond donors (Lipinski definition) is 1. The van der Waals surface area contributed by atoms with Gasteiger partial charge in [0.25, 0.3) is 0 Å². The van der Waals surface area contributed by atoms with Crippen LogP contribution in [0.4, 0.5) is 19.0 Å². The first-order chi connectivity index (χ1) is 18.6. The molecule has 11 heteroatoms. The maximum Gasteiger partial charge on any atom is 0.416 e. The Hall–Kier alpha value is -3.54. The van der Waals surface area contributed by atoms with Crippen molar-refractivity contribution >= 4 is 26.7 Å². The minimum atomic E-state index is -4.52. The van der Waals surface area contributed by atoms with E-state index in [1.807, 2.05) is 61.5 Å². The molecule has 2 heterocycles. The van der Waals surface area contributed by atoms with E-state index in [-0.39, 0.29) is 24.0 Å². The molecule has 1 atom stereocenters. The molecule has 1 fully saturated rings. The van der Waals surface area contributed by atoms with E-state index in [2.05, 4.69) is 10.2 Å². The monoisotopic (exact) mass is 555 g/mol. The zero-order chi connectivity index (χ0) is 27.6. The molecule has 0 aliphatic carbocycles. The second-order valence-corrected chi connectivity index (χ2v) is 11.4. The van der Waals surface area contributed by atoms with Gasteiger partial charge >= 0.3 is 6.18 Å². The average molecular weight is 556 g/mol. The predicted molar refractivity (Wildman–Crippen MR) is 143 cm³/mol. The number of aromatic nitrogens is 2. The summed E-state index contributed by atoms with van der Waals surface area (Å²) in [6.45, 7) is 3.88. The first-order valence-electron chi connectivity index (χ1n) is 12.6. The molecule has 1 saturated heterocycles. The molecule has 0 bridgehead atoms. The van der Waals surface area contributed by atoms with Gasteiger partial charge in [-0.25, -0.2) is 18.4 Å². The van der Waals surface area contributed by atoms with Gasteiger partial charge in [0, 0.05) is 38.1 Å². The van der Waals surface area contributed by atoms with Gasteiger partial charge in [0.05, 0.1) is 22.0 Å². The highest BCUT2D eigenvalue weighted by molar-refractivity contribution is 7.89. The van der Waals surface area contributed by atoms with Crippen molar-refractivity contribution in [3.8, 4) is 0 Å². The normalized spacial score (nSPS) is 16.3. The lowest BCUT2D eigenvalue weighted by Gasteiger charge is -2.37. The van der Waals surface area contributed by atoms with Gasteiger partial charge in [-0.3, -0.25) is 4.90 Å². The lowest BCUT2D eigenvalue weighted by molar-refractivity contribution is -0.137. The van der Waals surface area contributed by atoms with Gasteiger partial charge in [0.1, 0.15) is 11.6 Å². The molecular weight excluding hydrogens is 527 g/mol. The standard InChI is InChI=1S/C28H28F3N5O2S/c1-20(26-33-25-10-6-5-9-24(25)27(34-26)32-19-21-7-3-2-4-8-21)35-15-17-36(18-16-35)39(37,38)23-13-11-22(12-14-23)28(29,30)31/h2-14,20H,15-19H2,1H3,(H,32,33,34)/t20-/m1/s1. The largest absolute Gasteiger partial charge is 0.416 e. The van der Waals surface area contributed by atoms with Crippen LogP contribution < -0.4 is 5.32 Å². The maximum absolute atomic E-state index is 13.1. The lowest BCUT2D eigenvalue weighted by Crippen LogP contribution is -2.49. The number of nitrogens with one attached hydrogen (secondary N) is 1. The SMILES string of the molecule is C[C@H](c1nc(NCc2ccccc2)c2ccccc2n1)N1CCN(S(=O)(=O)c2ccc(C(F)(F)F)cc2)CC1. The molecule has 39 heavy (non-hydrogen) atoms. The van der Waals surface area contributed by atoms with Crippen LogP contribution in [0.1, 0.15) is 29.9 Å². The van der Waals surface area contributed by atoms with E-state index in [4.69, 9.17) is 9.97 Å². The van der Waals surface area contributed by atoms with Crippen LogP contribution in [-0.4, -0.2) is 53.8 Å². The van der Waals surface area contributed by atoms with Crippen molar-refractivity contribution in [1.82, 2.24) is 19.2 Å². The molecule has 0 saturated carbocycles. The molecule has 1 N–H and O–H groups in total. The highest BCUT2D eigenvalue weighted by atomic mass is 32.2. The van der Waals surface area contributed by atoms with Crippen molar-refractivity contribution in [2.75, 3.05) is 31.5 Å². The van der Waals surface area contributed by atoms with Crippen LogP contribution in [0.25, 0.3) is 10.9 Å². The number of halogens is 3. The predicted octanol–water partition coefficient (Wildman–Crippen LogP) is 5.33. The van der Waals surface area contributed by atoms with E-state index in [0.29, 0.717) is 25.5 Å². The van der Waals surface area contributed by atoms with Gasteiger partial charge in [-0.15, -0.1) is 0 Å². The minimum absolute atomic E-state index is 0.149. The summed E-state index contributed by atoms with van der Waals surface area (Å²) in [5.41, 5.74) is 1.06. The van der Waals surface area contributed by atoms with Gasteiger partial charge in [-0.05, 0) is 48.9 Å². The van der Waals surface area contributed by atoms with Crippen molar-refractivity contribution < 1.29 is 21.6 Å². The van der Waals surface area contributed by atoms with Crippen molar-refractivity contribution in [2.45, 2.75) is 30.6 Å². The number of alkyl halides is 3. The molecule has 0 unspecified atom stereocenters. The van der Waals surface area contributed by atoms with E-state index < -0.39 is 21.8 Å². The number of benzene rings is 3. The summed E-state index contributed by atoms with van der Waals surface area (Å²) >= 11 is 0. The maximum atomic E-state index is 13.1. The zero-order valence-electron chi connectivity index (χ0n) is 21.3. The highest BCUT2D eigenvalue weighted by Gasteiger charge is 2.33. The van der Waals surface area contributed by atoms with Crippen LogP contribution in [0.5, 0.6) is 0 Å². The zero-order valence-corrected chi connectivity index (χ0v) is 22.1. The quantitative estimate of drug-likeness (QED) is 0.332. The third-order valence-corrected chi connectivity index (χ3v) is 8.85. The van der Waals surface area contributed by atoms with E-state index in [1.165, 1.54) is 4.31 Å². The third kappa shape index (κ3) is 5.90. The number of nitrogens with zero attached hydrogens (tertiary/aromatic N) is 4. The Morgan fingerprint density at radius 1 is 0.872 bits per heavy atom. The summed E-state index contributed by atoms with van der Waals surface area (Å²) < 4.78 is 66.1. The minimum Gasteiger partial charge on any atom is -0.365 e. The first-order valence-corrected chi connectivity index (χ1v) is 14.0. The molecule has 1 aliphatic heterocycles. The molecule has 0 radical (unpaired) electrons. The Morgan fingerprint density at radius 3 is 2.18 bits per heavy atom. The fourth-order valence-corrected chi connectivity index (χ4v) is 6.08. The number of para-hydroxylation sites is 1. The first kappa shape index (κ1) is 27.0. The number of fused-ring (bicyclic) bond motifs is 1. The van der Waals surface area contributed by atoms with Crippen LogP contribution in [-0.2, 0) is 22.7 Å². The van der Waals surface area contributed by atoms with Crippen LogP contribution in [0, 0.1) is 0 Å². The van der Waals surface area contributed by atoms with Gasteiger partial charge < -0.3 is 5.32 Å². The number of anilines is 1. The van der Waals surface area contributed by atoms with Crippen LogP contribution >= 0.6 is 0 Å². The van der Waals surface area contributed by atoms with Gasteiger partial charge in [-0.2, -0.15) is 17.5 Å². The van der Waals surface area contributed by atoms with Crippen molar-refractivity contribution in [1.29, 1.82) is 0 Å². The Kier molecular flexibility index (Phi) is 7.57. The summed E-state index contributed by atoms with van der Waals surface area (Å²) in [6.07, 6.45) is -4.52. The Balaban J connectivity index is 1.30. The van der Waals surface area contributed by atoms with Gasteiger partial charge in [0.2, 0.25) is 10.0 Å². The molecule has 7 nitrogen and oxygen atoms in total. The van der Waals surface area contributed by atoms with E-state index in [0.717, 1.165) is 46.5 Å². The molecule has 0 spiro atoms. The molecule has 3 aromatic carbocycles. The van der Waals surface area contributed by atoms with Crippen molar-refractivity contribution in [3.63, 3.8) is 0 Å². The molecular formula is C28H28F3N5O2S. The third-order valence-electron chi connectivity index (χ3n) is 6.94. The van der Waals surface area contributed by atoms with Crippen LogP contribution in [0.3, 0.4) is 0 Å². The summed E-state index contributed by atoms with van der Waals surface area (Å²) in [7, 11) is -3.91. The number of rotatable bonds is 7. The molecule has 1 aromatic heterocycles. The second-order valence-electron chi connectivity index (χ2n) is 9.42. The molecule has 4 aromatic rings. The van der Waals surface area contributed by atoms with Gasteiger partial charge in [0.15, 0.2) is 0 Å². The topological polar surface area (TPSA) is 78.4 Å². The molecule has 1 aliphatic rings. The number of piperazine rings is 1. The number of sulfonamides is 1. The molecule has 204 valence electrons. The van der Waals surface area contributed by atoms with Crippen molar-refractivity contribution in [2.24, 2.45) is 0 Å². The van der Waals surface area contributed by atoms with Gasteiger partial charge in [-0.1, -0.05) is 42.5 Å². The fourth-order valence-electron chi connectivity index (χ4n) is 4.66. The summed E-state index contributed by atoms with van der Waals surface area (Å²) in [5, 5.41) is 4.35. The van der Waals surface area contributed by atoms with Crippen molar-refractivity contribution in [3.05, 3.63) is 95.8 Å². The summed E-state index contributed by atoms with van der Waals surface area (Å²) in [6, 6.07) is 21.3. The Morgan fingerprint density at radius 2 is 1.51 bits per heavy atom.